The Bertz CT molecular complexity index is 964. The molecule has 0 bridgehead atoms. The van der Waals surface area contributed by atoms with Crippen LogP contribution in [0.25, 0.3) is 17.1 Å². The molecule has 25 heavy (non-hydrogen) atoms. The average Bonchev–Trinajstić information content (AvgIpc) is 3.21. The van der Waals surface area contributed by atoms with Gasteiger partial charge in [0.1, 0.15) is 11.4 Å². The second-order valence-corrected chi connectivity index (χ2v) is 6.15. The maximum atomic E-state index is 12.3. The second kappa shape index (κ2) is 6.80. The van der Waals surface area contributed by atoms with Crippen molar-refractivity contribution >= 4 is 23.0 Å². The topological polar surface area (TPSA) is 84.1 Å². The third-order valence-electron chi connectivity index (χ3n) is 3.87. The highest BCUT2D eigenvalue weighted by atomic mass is 16.3. The molecular formula is C18H20N4O3. The molecule has 0 aromatic carbocycles. The number of nitrogens with zero attached hydrogens (tertiary/aromatic N) is 3. The standard InChI is InChI=1S/C18H20N4O3/c1-12(2)22-17-14(10-19-22)9-13(18(24)20-17)6-7-16(23)21(3)11-15-5-4-8-25-15/h4-10,12H,11H2,1-3H3,(H,20,24)/b7-6+. The predicted octanol–water partition coefficient (Wildman–Crippen LogP) is 2.57. The van der Waals surface area contributed by atoms with Crippen LogP contribution in [0.2, 0.25) is 0 Å². The van der Waals surface area contributed by atoms with Gasteiger partial charge in [0.15, 0.2) is 0 Å². The summed E-state index contributed by atoms with van der Waals surface area (Å²) in [6.45, 7) is 4.35. The summed E-state index contributed by atoms with van der Waals surface area (Å²) in [5.41, 5.74) is 0.835. The molecule has 0 fully saturated rings. The molecule has 7 heteroatoms. The zero-order valence-corrected chi connectivity index (χ0v) is 14.4. The molecule has 3 rings (SSSR count). The van der Waals surface area contributed by atoms with Gasteiger partial charge in [0.05, 0.1) is 19.0 Å². The zero-order chi connectivity index (χ0) is 18.0. The lowest BCUT2D eigenvalue weighted by Gasteiger charge is -2.12. The summed E-state index contributed by atoms with van der Waals surface area (Å²) in [7, 11) is 1.68. The first-order chi connectivity index (χ1) is 12.0. The van der Waals surface area contributed by atoms with Crippen LogP contribution in [-0.4, -0.2) is 32.6 Å². The Morgan fingerprint density at radius 2 is 2.28 bits per heavy atom. The fourth-order valence-corrected chi connectivity index (χ4v) is 2.54. The van der Waals surface area contributed by atoms with Crippen molar-refractivity contribution in [1.82, 2.24) is 19.7 Å². The minimum atomic E-state index is -0.257. The van der Waals surface area contributed by atoms with Gasteiger partial charge in [-0.1, -0.05) is 0 Å². The van der Waals surface area contributed by atoms with Gasteiger partial charge < -0.3 is 14.3 Å². The number of amides is 1. The summed E-state index contributed by atoms with van der Waals surface area (Å²) in [6, 6.07) is 5.45. The van der Waals surface area contributed by atoms with Gasteiger partial charge >= 0.3 is 0 Å². The fourth-order valence-electron chi connectivity index (χ4n) is 2.54. The van der Waals surface area contributed by atoms with E-state index in [0.717, 1.165) is 5.39 Å². The zero-order valence-electron chi connectivity index (χ0n) is 14.4. The molecule has 7 nitrogen and oxygen atoms in total. The van der Waals surface area contributed by atoms with Crippen LogP contribution in [0, 0.1) is 0 Å². The van der Waals surface area contributed by atoms with Gasteiger partial charge in [-0.05, 0) is 38.1 Å². The molecule has 1 amide bonds. The normalized spacial score (nSPS) is 11.7. The Balaban J connectivity index is 1.80. The quantitative estimate of drug-likeness (QED) is 0.724. The van der Waals surface area contributed by atoms with Crippen molar-refractivity contribution in [3.63, 3.8) is 0 Å². The number of aromatic amines is 1. The minimum absolute atomic E-state index is 0.145. The third kappa shape index (κ3) is 3.55. The molecule has 0 saturated carbocycles. The van der Waals surface area contributed by atoms with E-state index in [2.05, 4.69) is 10.1 Å². The first-order valence-corrected chi connectivity index (χ1v) is 8.02. The molecule has 0 spiro atoms. The lowest BCUT2D eigenvalue weighted by Crippen LogP contribution is -2.24. The smallest absolute Gasteiger partial charge is 0.256 e. The van der Waals surface area contributed by atoms with E-state index in [1.807, 2.05) is 13.8 Å². The fraction of sp³-hybridized carbons (Fsp3) is 0.278. The van der Waals surface area contributed by atoms with Crippen molar-refractivity contribution in [2.24, 2.45) is 0 Å². The number of nitrogens with one attached hydrogen (secondary N) is 1. The number of hydrogen-bond acceptors (Lipinski definition) is 4. The molecule has 0 atom stereocenters. The van der Waals surface area contributed by atoms with E-state index in [-0.39, 0.29) is 17.5 Å². The summed E-state index contributed by atoms with van der Waals surface area (Å²) in [5.74, 6) is 0.485. The van der Waals surface area contributed by atoms with Crippen molar-refractivity contribution in [1.29, 1.82) is 0 Å². The maximum Gasteiger partial charge on any atom is 0.256 e. The molecule has 3 aromatic heterocycles. The first kappa shape index (κ1) is 16.8. The van der Waals surface area contributed by atoms with Crippen LogP contribution in [0.1, 0.15) is 31.2 Å². The molecule has 3 aromatic rings. The Morgan fingerprint density at radius 3 is 2.96 bits per heavy atom. The molecule has 0 unspecified atom stereocenters. The Morgan fingerprint density at radius 1 is 1.48 bits per heavy atom. The number of carbonyl (C=O) groups excluding carboxylic acids is 1. The van der Waals surface area contributed by atoms with Crippen molar-refractivity contribution in [3.8, 4) is 0 Å². The number of aromatic nitrogens is 3. The van der Waals surface area contributed by atoms with E-state index < -0.39 is 0 Å². The van der Waals surface area contributed by atoms with Crippen LogP contribution in [0.15, 0.2) is 45.9 Å². The van der Waals surface area contributed by atoms with Gasteiger partial charge in [0.2, 0.25) is 5.91 Å². The largest absolute Gasteiger partial charge is 0.467 e. The monoisotopic (exact) mass is 340 g/mol. The van der Waals surface area contributed by atoms with Crippen LogP contribution in [0.4, 0.5) is 0 Å². The Labute approximate surface area is 144 Å². The van der Waals surface area contributed by atoms with Gasteiger partial charge in [0.25, 0.3) is 5.56 Å². The highest BCUT2D eigenvalue weighted by Gasteiger charge is 2.10. The van der Waals surface area contributed by atoms with Crippen LogP contribution in [-0.2, 0) is 11.3 Å². The lowest BCUT2D eigenvalue weighted by molar-refractivity contribution is -0.125. The van der Waals surface area contributed by atoms with Crippen molar-refractivity contribution in [3.05, 3.63) is 58.4 Å². The van der Waals surface area contributed by atoms with Crippen molar-refractivity contribution < 1.29 is 9.21 Å². The van der Waals surface area contributed by atoms with Crippen LogP contribution in [0.5, 0.6) is 0 Å². The molecular weight excluding hydrogens is 320 g/mol. The molecule has 0 aliphatic rings. The van der Waals surface area contributed by atoms with Gasteiger partial charge in [0, 0.05) is 30.1 Å². The number of carbonyl (C=O) groups is 1. The Hall–Kier alpha value is -3.09. The number of hydrogen-bond donors (Lipinski definition) is 1. The number of likely N-dealkylation sites (N-methyl/N-ethyl adjacent to an activating group) is 1. The highest BCUT2D eigenvalue weighted by molar-refractivity contribution is 5.92. The van der Waals surface area contributed by atoms with Crippen LogP contribution >= 0.6 is 0 Å². The SMILES string of the molecule is CC(C)n1ncc2cc(/C=C/C(=O)N(C)Cc3ccco3)c(=O)[nH]c21. The minimum Gasteiger partial charge on any atom is -0.467 e. The van der Waals surface area contributed by atoms with Crippen LogP contribution < -0.4 is 5.56 Å². The van der Waals surface area contributed by atoms with E-state index in [9.17, 15) is 9.59 Å². The maximum absolute atomic E-state index is 12.3. The molecule has 130 valence electrons. The van der Waals surface area contributed by atoms with Crippen LogP contribution in [0.3, 0.4) is 0 Å². The lowest BCUT2D eigenvalue weighted by atomic mass is 10.2. The number of H-pyrrole nitrogens is 1. The highest BCUT2D eigenvalue weighted by Crippen LogP contribution is 2.15. The van der Waals surface area contributed by atoms with Gasteiger partial charge in [-0.3, -0.25) is 9.59 Å². The van der Waals surface area contributed by atoms with Crippen molar-refractivity contribution in [2.75, 3.05) is 7.05 Å². The summed E-state index contributed by atoms with van der Waals surface area (Å²) >= 11 is 0. The van der Waals surface area contributed by atoms with E-state index >= 15 is 0 Å². The molecule has 1 N–H and O–H groups in total. The van der Waals surface area contributed by atoms with Crippen molar-refractivity contribution in [2.45, 2.75) is 26.4 Å². The van der Waals surface area contributed by atoms with Gasteiger partial charge in [-0.2, -0.15) is 5.10 Å². The summed E-state index contributed by atoms with van der Waals surface area (Å²) in [4.78, 5) is 28.8. The summed E-state index contributed by atoms with van der Waals surface area (Å²) < 4.78 is 6.98. The average molecular weight is 340 g/mol. The summed E-state index contributed by atoms with van der Waals surface area (Å²) in [6.07, 6.45) is 6.17. The number of furan rings is 1. The number of fused-ring (bicyclic) bond motifs is 1. The number of pyridine rings is 1. The van der Waals surface area contributed by atoms with E-state index in [1.54, 1.807) is 42.4 Å². The summed E-state index contributed by atoms with van der Waals surface area (Å²) in [5, 5.41) is 5.10. The second-order valence-electron chi connectivity index (χ2n) is 6.15. The predicted molar refractivity (Wildman–Crippen MR) is 95.0 cm³/mol. The molecule has 0 aliphatic carbocycles. The van der Waals surface area contributed by atoms with E-state index in [0.29, 0.717) is 23.5 Å². The van der Waals surface area contributed by atoms with Gasteiger partial charge in [-0.25, -0.2) is 4.68 Å². The van der Waals surface area contributed by atoms with E-state index in [4.69, 9.17) is 4.42 Å². The third-order valence-corrected chi connectivity index (χ3v) is 3.87. The molecule has 0 radical (unpaired) electrons. The number of rotatable bonds is 5. The molecule has 3 heterocycles. The molecule has 0 aliphatic heterocycles. The molecule has 0 saturated heterocycles. The van der Waals surface area contributed by atoms with Gasteiger partial charge in [-0.15, -0.1) is 0 Å². The van der Waals surface area contributed by atoms with E-state index in [1.165, 1.54) is 17.1 Å². The Kier molecular flexibility index (Phi) is 4.56. The first-order valence-electron chi connectivity index (χ1n) is 8.02.